The van der Waals surface area contributed by atoms with Gasteiger partial charge in [0.2, 0.25) is 0 Å². The van der Waals surface area contributed by atoms with Gasteiger partial charge in [-0.3, -0.25) is 9.59 Å². The van der Waals surface area contributed by atoms with Crippen LogP contribution in [-0.4, -0.2) is 35.6 Å². The van der Waals surface area contributed by atoms with E-state index in [4.69, 9.17) is 11.5 Å². The van der Waals surface area contributed by atoms with E-state index in [0.717, 1.165) is 6.92 Å². The standard InChI is InChI=1S/C11H15NO5/c1-3-4-5-6-9(11(15)16)12-10(14)7-17-8(2)13/h1,9H,4-7H2,2H3,(H,12,14)(H,15,16)/t9-/m1/s1. The van der Waals surface area contributed by atoms with E-state index in [1.165, 1.54) is 0 Å². The Labute approximate surface area is 99.3 Å². The number of ether oxygens (including phenoxy) is 1. The molecule has 0 aromatic heterocycles. The van der Waals surface area contributed by atoms with Gasteiger partial charge in [0, 0.05) is 13.3 Å². The Kier molecular flexibility index (Phi) is 7.19. The van der Waals surface area contributed by atoms with Crippen LogP contribution in [0.4, 0.5) is 0 Å². The first-order valence-electron chi connectivity index (χ1n) is 5.06. The summed E-state index contributed by atoms with van der Waals surface area (Å²) in [7, 11) is 0. The van der Waals surface area contributed by atoms with E-state index >= 15 is 0 Å². The van der Waals surface area contributed by atoms with Gasteiger partial charge in [-0.25, -0.2) is 4.79 Å². The summed E-state index contributed by atoms with van der Waals surface area (Å²) < 4.78 is 4.43. The van der Waals surface area contributed by atoms with Crippen molar-refractivity contribution in [2.75, 3.05) is 6.61 Å². The summed E-state index contributed by atoms with van der Waals surface area (Å²) in [6.07, 6.45) is 6.22. The molecule has 0 saturated heterocycles. The lowest BCUT2D eigenvalue weighted by Gasteiger charge is -2.13. The second-order valence-electron chi connectivity index (χ2n) is 3.33. The van der Waals surface area contributed by atoms with Crippen molar-refractivity contribution >= 4 is 17.8 Å². The van der Waals surface area contributed by atoms with Gasteiger partial charge in [-0.1, -0.05) is 0 Å². The number of carbonyl (C=O) groups excluding carboxylic acids is 2. The number of esters is 1. The normalized spacial score (nSPS) is 11.1. The van der Waals surface area contributed by atoms with Crippen molar-refractivity contribution in [3.05, 3.63) is 0 Å². The molecule has 1 atom stereocenters. The zero-order chi connectivity index (χ0) is 13.3. The van der Waals surface area contributed by atoms with Crippen LogP contribution in [0.1, 0.15) is 26.2 Å². The number of carboxylic acid groups (broad SMARTS) is 1. The largest absolute Gasteiger partial charge is 0.480 e. The summed E-state index contributed by atoms with van der Waals surface area (Å²) in [5, 5.41) is 11.1. The molecule has 0 heterocycles. The van der Waals surface area contributed by atoms with Gasteiger partial charge in [0.1, 0.15) is 6.04 Å². The summed E-state index contributed by atoms with van der Waals surface area (Å²) in [6, 6.07) is -1.01. The highest BCUT2D eigenvalue weighted by Gasteiger charge is 2.19. The Morgan fingerprint density at radius 3 is 2.59 bits per heavy atom. The Balaban J connectivity index is 4.07. The maximum Gasteiger partial charge on any atom is 0.326 e. The quantitative estimate of drug-likeness (QED) is 0.369. The Morgan fingerprint density at radius 2 is 2.12 bits per heavy atom. The summed E-state index contributed by atoms with van der Waals surface area (Å²) in [4.78, 5) is 32.4. The van der Waals surface area contributed by atoms with E-state index in [0.29, 0.717) is 12.8 Å². The monoisotopic (exact) mass is 241 g/mol. The molecule has 17 heavy (non-hydrogen) atoms. The molecule has 94 valence electrons. The molecule has 0 aromatic carbocycles. The molecule has 0 bridgehead atoms. The molecule has 0 fully saturated rings. The third-order valence-electron chi connectivity index (χ3n) is 1.85. The topological polar surface area (TPSA) is 92.7 Å². The molecule has 0 aliphatic carbocycles. The van der Waals surface area contributed by atoms with Crippen molar-refractivity contribution in [1.82, 2.24) is 5.32 Å². The number of amides is 1. The lowest BCUT2D eigenvalue weighted by atomic mass is 10.1. The third kappa shape index (κ3) is 7.85. The molecule has 1 amide bonds. The zero-order valence-corrected chi connectivity index (χ0v) is 9.56. The minimum atomic E-state index is -1.14. The molecule has 0 aliphatic rings. The summed E-state index contributed by atoms with van der Waals surface area (Å²) in [5.41, 5.74) is 0. The maximum atomic E-state index is 11.2. The van der Waals surface area contributed by atoms with Crippen molar-refractivity contribution < 1.29 is 24.2 Å². The summed E-state index contributed by atoms with van der Waals surface area (Å²) >= 11 is 0. The molecule has 0 radical (unpaired) electrons. The summed E-state index contributed by atoms with van der Waals surface area (Å²) in [6.45, 7) is 0.684. The average molecular weight is 241 g/mol. The van der Waals surface area contributed by atoms with Gasteiger partial charge in [0.25, 0.3) is 5.91 Å². The van der Waals surface area contributed by atoms with Crippen LogP contribution >= 0.6 is 0 Å². The Hall–Kier alpha value is -2.03. The predicted octanol–water partition coefficient (Wildman–Crippen LogP) is -0.0776. The van der Waals surface area contributed by atoms with Crippen molar-refractivity contribution in [2.24, 2.45) is 0 Å². The molecule has 2 N–H and O–H groups in total. The van der Waals surface area contributed by atoms with Crippen molar-refractivity contribution in [1.29, 1.82) is 0 Å². The van der Waals surface area contributed by atoms with Crippen LogP contribution in [0.15, 0.2) is 0 Å². The minimum Gasteiger partial charge on any atom is -0.480 e. The highest BCUT2D eigenvalue weighted by Crippen LogP contribution is 2.00. The van der Waals surface area contributed by atoms with E-state index < -0.39 is 30.5 Å². The van der Waals surface area contributed by atoms with Crippen molar-refractivity contribution in [2.45, 2.75) is 32.2 Å². The Bertz CT molecular complexity index is 331. The first-order chi connectivity index (χ1) is 7.97. The molecule has 0 rings (SSSR count). The fourth-order valence-electron chi connectivity index (χ4n) is 1.07. The highest BCUT2D eigenvalue weighted by atomic mass is 16.5. The van der Waals surface area contributed by atoms with E-state index in [1.807, 2.05) is 0 Å². The first kappa shape index (κ1) is 15.0. The van der Waals surface area contributed by atoms with Crippen LogP contribution in [0.25, 0.3) is 0 Å². The fraction of sp³-hybridized carbons (Fsp3) is 0.545. The van der Waals surface area contributed by atoms with E-state index in [9.17, 15) is 14.4 Å². The number of unbranched alkanes of at least 4 members (excludes halogenated alkanes) is 1. The number of terminal acetylenes is 1. The van der Waals surface area contributed by atoms with Crippen LogP contribution in [0.3, 0.4) is 0 Å². The number of nitrogens with one attached hydrogen (secondary N) is 1. The van der Waals surface area contributed by atoms with Crippen molar-refractivity contribution in [3.8, 4) is 12.3 Å². The smallest absolute Gasteiger partial charge is 0.326 e. The van der Waals surface area contributed by atoms with E-state index in [-0.39, 0.29) is 6.42 Å². The van der Waals surface area contributed by atoms with Gasteiger partial charge in [-0.15, -0.1) is 12.3 Å². The number of hydrogen-bond acceptors (Lipinski definition) is 4. The van der Waals surface area contributed by atoms with Gasteiger partial charge in [0.05, 0.1) is 0 Å². The molecule has 0 unspecified atom stereocenters. The number of carbonyl (C=O) groups is 3. The molecule has 0 saturated carbocycles. The van der Waals surface area contributed by atoms with Crippen LogP contribution in [0.2, 0.25) is 0 Å². The number of hydrogen-bond donors (Lipinski definition) is 2. The second kappa shape index (κ2) is 8.16. The van der Waals surface area contributed by atoms with Crippen LogP contribution in [0.5, 0.6) is 0 Å². The van der Waals surface area contributed by atoms with Gasteiger partial charge in [0.15, 0.2) is 6.61 Å². The average Bonchev–Trinajstić information content (AvgIpc) is 2.25. The van der Waals surface area contributed by atoms with Crippen molar-refractivity contribution in [3.63, 3.8) is 0 Å². The highest BCUT2D eigenvalue weighted by molar-refractivity contribution is 5.85. The maximum absolute atomic E-state index is 11.2. The molecule has 0 spiro atoms. The van der Waals surface area contributed by atoms with Gasteiger partial charge < -0.3 is 15.2 Å². The SMILES string of the molecule is C#CCCC[C@@H](NC(=O)COC(C)=O)C(=O)O. The Morgan fingerprint density at radius 1 is 1.47 bits per heavy atom. The van der Waals surface area contributed by atoms with Gasteiger partial charge >= 0.3 is 11.9 Å². The molecular formula is C11H15NO5. The zero-order valence-electron chi connectivity index (χ0n) is 9.56. The number of aliphatic carboxylic acids is 1. The van der Waals surface area contributed by atoms with Crippen LogP contribution in [-0.2, 0) is 19.1 Å². The molecule has 6 heteroatoms. The van der Waals surface area contributed by atoms with Crippen LogP contribution in [0, 0.1) is 12.3 Å². The van der Waals surface area contributed by atoms with E-state index in [1.54, 1.807) is 0 Å². The van der Waals surface area contributed by atoms with Gasteiger partial charge in [-0.05, 0) is 12.8 Å². The minimum absolute atomic E-state index is 0.241. The third-order valence-corrected chi connectivity index (χ3v) is 1.85. The number of rotatable bonds is 7. The molecular weight excluding hydrogens is 226 g/mol. The predicted molar refractivity (Wildman–Crippen MR) is 58.9 cm³/mol. The summed E-state index contributed by atoms with van der Waals surface area (Å²) in [5.74, 6) is -0.00305. The van der Waals surface area contributed by atoms with Crippen LogP contribution < -0.4 is 5.32 Å². The second-order valence-corrected chi connectivity index (χ2v) is 3.33. The first-order valence-corrected chi connectivity index (χ1v) is 5.06. The number of carboxylic acids is 1. The fourth-order valence-corrected chi connectivity index (χ4v) is 1.07. The van der Waals surface area contributed by atoms with Gasteiger partial charge in [-0.2, -0.15) is 0 Å². The van der Waals surface area contributed by atoms with E-state index in [2.05, 4.69) is 16.0 Å². The molecule has 0 aromatic rings. The lowest BCUT2D eigenvalue weighted by molar-refractivity contribution is -0.148. The molecule has 6 nitrogen and oxygen atoms in total. The molecule has 0 aliphatic heterocycles. The lowest BCUT2D eigenvalue weighted by Crippen LogP contribution is -2.42.